The Bertz CT molecular complexity index is 909. The minimum absolute atomic E-state index is 0.0561. The summed E-state index contributed by atoms with van der Waals surface area (Å²) >= 11 is 0. The number of anilines is 1. The zero-order valence-electron chi connectivity index (χ0n) is 14.1. The smallest absolute Gasteiger partial charge is 0.337 e. The van der Waals surface area contributed by atoms with Gasteiger partial charge in [0.1, 0.15) is 5.75 Å². The quantitative estimate of drug-likeness (QED) is 0.735. The molecule has 0 unspecified atom stereocenters. The number of nitrogens with two attached hydrogens (primary N) is 1. The maximum atomic E-state index is 12.2. The lowest BCUT2D eigenvalue weighted by molar-refractivity contribution is -0.122. The normalized spacial score (nSPS) is 12.1. The summed E-state index contributed by atoms with van der Waals surface area (Å²) in [6.07, 6.45) is -0.860. The molecular formula is C17H18N2O6S. The number of ether oxygens (including phenoxy) is 2. The largest absolute Gasteiger partial charge is 0.481 e. The van der Waals surface area contributed by atoms with Gasteiger partial charge in [0.2, 0.25) is 10.0 Å². The van der Waals surface area contributed by atoms with Gasteiger partial charge in [0.15, 0.2) is 6.10 Å². The summed E-state index contributed by atoms with van der Waals surface area (Å²) in [4.78, 5) is 23.7. The van der Waals surface area contributed by atoms with Gasteiger partial charge in [0.25, 0.3) is 5.91 Å². The molecule has 0 heterocycles. The third-order valence-electron chi connectivity index (χ3n) is 3.39. The Balaban J connectivity index is 2.03. The number of sulfonamides is 1. The van der Waals surface area contributed by atoms with Crippen molar-refractivity contribution in [2.45, 2.75) is 17.9 Å². The maximum absolute atomic E-state index is 12.2. The van der Waals surface area contributed by atoms with Crippen LogP contribution < -0.4 is 15.2 Å². The highest BCUT2D eigenvalue weighted by Gasteiger charge is 2.16. The fraction of sp³-hybridized carbons (Fsp3) is 0.176. The molecule has 1 atom stereocenters. The Kier molecular flexibility index (Phi) is 5.96. The lowest BCUT2D eigenvalue weighted by atomic mass is 10.2. The summed E-state index contributed by atoms with van der Waals surface area (Å²) in [6, 6.07) is 11.7. The highest BCUT2D eigenvalue weighted by atomic mass is 32.2. The molecule has 0 aliphatic carbocycles. The molecule has 9 heteroatoms. The first-order valence-electron chi connectivity index (χ1n) is 7.49. The standard InChI is InChI=1S/C17H18N2O6S/c1-11(25-14-5-3-4-12(10-14)17(21)24-2)16(20)19-13-6-8-15(9-7-13)26(18,22)23/h3-11H,1-2H3,(H,19,20)(H2,18,22,23)/t11-/m0/s1. The van der Waals surface area contributed by atoms with Crippen LogP contribution in [0.2, 0.25) is 0 Å². The Morgan fingerprint density at radius 1 is 1.12 bits per heavy atom. The van der Waals surface area contributed by atoms with Gasteiger partial charge in [-0.25, -0.2) is 18.4 Å². The van der Waals surface area contributed by atoms with Crippen LogP contribution in [0.5, 0.6) is 5.75 Å². The molecule has 0 saturated heterocycles. The third kappa shape index (κ3) is 5.04. The van der Waals surface area contributed by atoms with E-state index in [2.05, 4.69) is 10.1 Å². The van der Waals surface area contributed by atoms with Gasteiger partial charge in [-0.3, -0.25) is 4.79 Å². The van der Waals surface area contributed by atoms with Crippen molar-refractivity contribution in [2.75, 3.05) is 12.4 Å². The Morgan fingerprint density at radius 3 is 2.35 bits per heavy atom. The molecule has 2 aromatic rings. The first-order chi connectivity index (χ1) is 12.2. The molecule has 2 aromatic carbocycles. The number of primary sulfonamides is 1. The predicted molar refractivity (Wildman–Crippen MR) is 94.3 cm³/mol. The van der Waals surface area contributed by atoms with E-state index in [1.165, 1.54) is 37.4 Å². The molecule has 0 aliphatic heterocycles. The van der Waals surface area contributed by atoms with Crippen LogP contribution in [0.4, 0.5) is 5.69 Å². The van der Waals surface area contributed by atoms with Crippen LogP contribution in [0.3, 0.4) is 0 Å². The molecule has 0 aliphatic rings. The second-order valence-electron chi connectivity index (χ2n) is 5.34. The minimum Gasteiger partial charge on any atom is -0.481 e. The fourth-order valence-corrected chi connectivity index (χ4v) is 2.56. The van der Waals surface area contributed by atoms with E-state index in [0.717, 1.165) is 0 Å². The second-order valence-corrected chi connectivity index (χ2v) is 6.90. The number of hydrogen-bond donors (Lipinski definition) is 2. The molecule has 1 amide bonds. The van der Waals surface area contributed by atoms with E-state index in [1.54, 1.807) is 25.1 Å². The van der Waals surface area contributed by atoms with Crippen molar-refractivity contribution in [2.24, 2.45) is 5.14 Å². The number of hydrogen-bond acceptors (Lipinski definition) is 6. The van der Waals surface area contributed by atoms with Crippen LogP contribution in [-0.4, -0.2) is 33.5 Å². The molecule has 2 rings (SSSR count). The van der Waals surface area contributed by atoms with Gasteiger partial charge in [-0.05, 0) is 49.4 Å². The van der Waals surface area contributed by atoms with Crippen molar-refractivity contribution in [3.63, 3.8) is 0 Å². The van der Waals surface area contributed by atoms with Crippen molar-refractivity contribution in [3.05, 3.63) is 54.1 Å². The van der Waals surface area contributed by atoms with E-state index in [0.29, 0.717) is 17.0 Å². The van der Waals surface area contributed by atoms with Crippen LogP contribution in [0.1, 0.15) is 17.3 Å². The van der Waals surface area contributed by atoms with Crippen molar-refractivity contribution in [1.29, 1.82) is 0 Å². The van der Waals surface area contributed by atoms with E-state index in [9.17, 15) is 18.0 Å². The van der Waals surface area contributed by atoms with Gasteiger partial charge < -0.3 is 14.8 Å². The lowest BCUT2D eigenvalue weighted by Crippen LogP contribution is -2.30. The van der Waals surface area contributed by atoms with Gasteiger partial charge >= 0.3 is 5.97 Å². The third-order valence-corrected chi connectivity index (χ3v) is 4.32. The van der Waals surface area contributed by atoms with E-state index in [4.69, 9.17) is 9.88 Å². The van der Waals surface area contributed by atoms with Crippen LogP contribution in [0.25, 0.3) is 0 Å². The van der Waals surface area contributed by atoms with Gasteiger partial charge in [-0.2, -0.15) is 0 Å². The Morgan fingerprint density at radius 2 is 1.77 bits per heavy atom. The molecule has 8 nitrogen and oxygen atoms in total. The van der Waals surface area contributed by atoms with Gasteiger partial charge in [-0.15, -0.1) is 0 Å². The lowest BCUT2D eigenvalue weighted by Gasteiger charge is -2.15. The Labute approximate surface area is 151 Å². The number of esters is 1. The molecule has 3 N–H and O–H groups in total. The summed E-state index contributed by atoms with van der Waals surface area (Å²) in [5, 5.41) is 7.62. The predicted octanol–water partition coefficient (Wildman–Crippen LogP) is 1.53. The highest BCUT2D eigenvalue weighted by molar-refractivity contribution is 7.89. The van der Waals surface area contributed by atoms with E-state index >= 15 is 0 Å². The summed E-state index contributed by atoms with van der Waals surface area (Å²) in [6.45, 7) is 1.54. The molecule has 0 saturated carbocycles. The average Bonchev–Trinajstić information content (AvgIpc) is 2.60. The zero-order valence-corrected chi connectivity index (χ0v) is 14.9. The van der Waals surface area contributed by atoms with Gasteiger partial charge in [0, 0.05) is 5.69 Å². The van der Waals surface area contributed by atoms with Crippen molar-refractivity contribution in [1.82, 2.24) is 0 Å². The van der Waals surface area contributed by atoms with E-state index < -0.39 is 28.0 Å². The number of carbonyl (C=O) groups excluding carboxylic acids is 2. The molecule has 26 heavy (non-hydrogen) atoms. The summed E-state index contributed by atoms with van der Waals surface area (Å²) in [5.41, 5.74) is 0.692. The summed E-state index contributed by atoms with van der Waals surface area (Å²) in [7, 11) is -2.52. The molecule has 138 valence electrons. The van der Waals surface area contributed by atoms with Crippen LogP contribution in [0, 0.1) is 0 Å². The van der Waals surface area contributed by atoms with E-state index in [1.807, 2.05) is 0 Å². The average molecular weight is 378 g/mol. The van der Waals surface area contributed by atoms with Gasteiger partial charge in [0.05, 0.1) is 17.6 Å². The van der Waals surface area contributed by atoms with Crippen molar-refractivity contribution < 1.29 is 27.5 Å². The molecule has 0 bridgehead atoms. The highest BCUT2D eigenvalue weighted by Crippen LogP contribution is 2.17. The van der Waals surface area contributed by atoms with Crippen molar-refractivity contribution in [3.8, 4) is 5.75 Å². The topological polar surface area (TPSA) is 125 Å². The SMILES string of the molecule is COC(=O)c1cccc(O[C@@H](C)C(=O)Nc2ccc(S(N)(=O)=O)cc2)c1. The molecule has 0 radical (unpaired) electrons. The number of amides is 1. The number of rotatable bonds is 6. The van der Waals surface area contributed by atoms with E-state index in [-0.39, 0.29) is 4.90 Å². The number of benzene rings is 2. The van der Waals surface area contributed by atoms with Crippen LogP contribution >= 0.6 is 0 Å². The molecule has 0 fully saturated rings. The first-order valence-corrected chi connectivity index (χ1v) is 9.04. The van der Waals surface area contributed by atoms with Crippen LogP contribution in [0.15, 0.2) is 53.4 Å². The zero-order chi connectivity index (χ0) is 19.3. The first kappa shape index (κ1) is 19.4. The fourth-order valence-electron chi connectivity index (χ4n) is 2.04. The summed E-state index contributed by atoms with van der Waals surface area (Å²) in [5.74, 6) is -0.626. The monoisotopic (exact) mass is 378 g/mol. The van der Waals surface area contributed by atoms with Crippen LogP contribution in [-0.2, 0) is 19.6 Å². The second kappa shape index (κ2) is 7.98. The number of nitrogens with one attached hydrogen (secondary N) is 1. The maximum Gasteiger partial charge on any atom is 0.337 e. The number of carbonyl (C=O) groups is 2. The number of methoxy groups -OCH3 is 1. The Hall–Kier alpha value is -2.91. The minimum atomic E-state index is -3.79. The molecular weight excluding hydrogens is 360 g/mol. The molecule has 0 spiro atoms. The molecule has 0 aromatic heterocycles. The van der Waals surface area contributed by atoms with Crippen molar-refractivity contribution >= 4 is 27.6 Å². The van der Waals surface area contributed by atoms with Gasteiger partial charge in [-0.1, -0.05) is 6.07 Å². The summed E-state index contributed by atoms with van der Waals surface area (Å²) < 4.78 is 32.6.